The fraction of sp³-hybridized carbons (Fsp3) is 0.467. The molecule has 0 radical (unpaired) electrons. The van der Waals surface area contributed by atoms with Gasteiger partial charge >= 0.3 is 5.97 Å². The Labute approximate surface area is 119 Å². The highest BCUT2D eigenvalue weighted by molar-refractivity contribution is 5.94. The predicted octanol–water partition coefficient (Wildman–Crippen LogP) is 1.42. The minimum absolute atomic E-state index is 0.120. The van der Waals surface area contributed by atoms with E-state index < -0.39 is 11.9 Å². The number of aryl methyl sites for hydroxylation is 1. The van der Waals surface area contributed by atoms with E-state index in [4.69, 9.17) is 5.11 Å². The third-order valence-electron chi connectivity index (χ3n) is 3.33. The van der Waals surface area contributed by atoms with Crippen LogP contribution in [0, 0.1) is 12.8 Å². The van der Waals surface area contributed by atoms with Gasteiger partial charge in [-0.15, -0.1) is 0 Å². The quantitative estimate of drug-likeness (QED) is 0.659. The number of benzene rings is 1. The van der Waals surface area contributed by atoms with Gasteiger partial charge in [-0.05, 0) is 26.0 Å². The molecule has 0 aromatic heterocycles. The highest BCUT2D eigenvalue weighted by atomic mass is 16.4. The highest BCUT2D eigenvalue weighted by Gasteiger charge is 2.18. The summed E-state index contributed by atoms with van der Waals surface area (Å²) in [5.41, 5.74) is 1.74. The molecular weight excluding hydrogens is 256 g/mol. The Morgan fingerprint density at radius 3 is 2.30 bits per heavy atom. The molecule has 0 bridgehead atoms. The van der Waals surface area contributed by atoms with E-state index in [0.717, 1.165) is 5.56 Å². The number of carboxylic acid groups (broad SMARTS) is 1. The number of hydrogen-bond donors (Lipinski definition) is 3. The lowest BCUT2D eigenvalue weighted by Crippen LogP contribution is -2.40. The van der Waals surface area contributed by atoms with Crippen LogP contribution in [0.25, 0.3) is 0 Å². The van der Waals surface area contributed by atoms with Crippen LogP contribution in [-0.4, -0.2) is 36.1 Å². The molecule has 0 spiro atoms. The lowest BCUT2D eigenvalue weighted by Gasteiger charge is -2.17. The van der Waals surface area contributed by atoms with Crippen LogP contribution in [0.1, 0.15) is 29.8 Å². The molecule has 110 valence electrons. The van der Waals surface area contributed by atoms with Crippen molar-refractivity contribution in [3.05, 3.63) is 35.4 Å². The Kier molecular flexibility index (Phi) is 6.18. The summed E-state index contributed by atoms with van der Waals surface area (Å²) in [6.45, 7) is 6.45. The fourth-order valence-corrected chi connectivity index (χ4v) is 1.67. The van der Waals surface area contributed by atoms with Gasteiger partial charge in [0.1, 0.15) is 0 Å². The Hall–Kier alpha value is -1.88. The molecule has 20 heavy (non-hydrogen) atoms. The van der Waals surface area contributed by atoms with E-state index in [9.17, 15) is 9.59 Å². The van der Waals surface area contributed by atoms with Crippen LogP contribution in [0.4, 0.5) is 0 Å². The van der Waals surface area contributed by atoms with Gasteiger partial charge in [0, 0.05) is 24.7 Å². The summed E-state index contributed by atoms with van der Waals surface area (Å²) in [7, 11) is 0. The first-order valence-corrected chi connectivity index (χ1v) is 6.73. The van der Waals surface area contributed by atoms with Gasteiger partial charge in [0.05, 0.1) is 5.92 Å². The average Bonchev–Trinajstić information content (AvgIpc) is 2.42. The molecule has 3 N–H and O–H groups in total. The molecule has 0 heterocycles. The maximum Gasteiger partial charge on any atom is 0.307 e. The standard InChI is InChI=1S/C15H22N2O3/c1-10-4-6-13(7-5-10)14(18)17-9-8-16-12(3)11(2)15(19)20/h4-7,11-12,16H,8-9H2,1-3H3,(H,17,18)(H,19,20). The third-order valence-corrected chi connectivity index (χ3v) is 3.33. The van der Waals surface area contributed by atoms with E-state index in [1.54, 1.807) is 19.1 Å². The normalized spacial score (nSPS) is 13.6. The van der Waals surface area contributed by atoms with Crippen molar-refractivity contribution in [1.29, 1.82) is 0 Å². The predicted molar refractivity (Wildman–Crippen MR) is 77.8 cm³/mol. The minimum atomic E-state index is -0.825. The van der Waals surface area contributed by atoms with Crippen molar-refractivity contribution in [3.8, 4) is 0 Å². The molecule has 0 saturated carbocycles. The Balaban J connectivity index is 2.29. The number of amides is 1. The van der Waals surface area contributed by atoms with Crippen molar-refractivity contribution >= 4 is 11.9 Å². The van der Waals surface area contributed by atoms with Crippen LogP contribution in [0.2, 0.25) is 0 Å². The summed E-state index contributed by atoms with van der Waals surface area (Å²) in [6, 6.07) is 7.22. The molecule has 1 aromatic carbocycles. The van der Waals surface area contributed by atoms with Crippen molar-refractivity contribution < 1.29 is 14.7 Å². The van der Waals surface area contributed by atoms with Crippen LogP contribution >= 0.6 is 0 Å². The second kappa shape index (κ2) is 7.65. The number of aliphatic carboxylic acids is 1. The van der Waals surface area contributed by atoms with Gasteiger partial charge in [-0.3, -0.25) is 9.59 Å². The van der Waals surface area contributed by atoms with Gasteiger partial charge < -0.3 is 15.7 Å². The lowest BCUT2D eigenvalue weighted by molar-refractivity contribution is -0.141. The molecular formula is C15H22N2O3. The Bertz CT molecular complexity index is 457. The van der Waals surface area contributed by atoms with Gasteiger partial charge in [0.25, 0.3) is 5.91 Å². The van der Waals surface area contributed by atoms with E-state index in [1.165, 1.54) is 0 Å². The largest absolute Gasteiger partial charge is 0.481 e. The molecule has 2 atom stereocenters. The molecule has 2 unspecified atom stereocenters. The highest BCUT2D eigenvalue weighted by Crippen LogP contribution is 2.03. The molecule has 0 saturated heterocycles. The zero-order valence-electron chi connectivity index (χ0n) is 12.1. The molecule has 0 aliphatic carbocycles. The summed E-state index contributed by atoms with van der Waals surface area (Å²) in [5.74, 6) is -1.40. The number of rotatable bonds is 7. The van der Waals surface area contributed by atoms with Gasteiger partial charge in [-0.1, -0.05) is 24.6 Å². The number of hydrogen-bond acceptors (Lipinski definition) is 3. The number of carbonyl (C=O) groups excluding carboxylic acids is 1. The van der Waals surface area contributed by atoms with Gasteiger partial charge in [-0.2, -0.15) is 0 Å². The molecule has 0 aliphatic rings. The summed E-state index contributed by atoms with van der Waals surface area (Å²) in [4.78, 5) is 22.6. The lowest BCUT2D eigenvalue weighted by atomic mass is 10.0. The molecule has 5 nitrogen and oxygen atoms in total. The second-order valence-corrected chi connectivity index (χ2v) is 4.99. The summed E-state index contributed by atoms with van der Waals surface area (Å²) >= 11 is 0. The maximum atomic E-state index is 11.8. The van der Waals surface area contributed by atoms with E-state index in [-0.39, 0.29) is 11.9 Å². The van der Waals surface area contributed by atoms with Crippen LogP contribution in [-0.2, 0) is 4.79 Å². The Morgan fingerprint density at radius 1 is 1.15 bits per heavy atom. The van der Waals surface area contributed by atoms with Crippen LogP contribution in [0.5, 0.6) is 0 Å². The summed E-state index contributed by atoms with van der Waals surface area (Å²) in [6.07, 6.45) is 0. The van der Waals surface area contributed by atoms with Gasteiger partial charge in [-0.25, -0.2) is 0 Å². The zero-order chi connectivity index (χ0) is 15.1. The molecule has 1 rings (SSSR count). The molecule has 0 fully saturated rings. The van der Waals surface area contributed by atoms with Crippen LogP contribution in [0.15, 0.2) is 24.3 Å². The van der Waals surface area contributed by atoms with Gasteiger partial charge in [0.15, 0.2) is 0 Å². The van der Waals surface area contributed by atoms with Crippen molar-refractivity contribution in [2.45, 2.75) is 26.8 Å². The summed E-state index contributed by atoms with van der Waals surface area (Å²) < 4.78 is 0. The molecule has 0 aliphatic heterocycles. The zero-order valence-corrected chi connectivity index (χ0v) is 12.1. The first kappa shape index (κ1) is 16.2. The van der Waals surface area contributed by atoms with Gasteiger partial charge in [0.2, 0.25) is 0 Å². The minimum Gasteiger partial charge on any atom is -0.481 e. The fourth-order valence-electron chi connectivity index (χ4n) is 1.67. The van der Waals surface area contributed by atoms with Crippen molar-refractivity contribution in [1.82, 2.24) is 10.6 Å². The van der Waals surface area contributed by atoms with Crippen molar-refractivity contribution in [3.63, 3.8) is 0 Å². The number of carbonyl (C=O) groups is 2. The van der Waals surface area contributed by atoms with E-state index >= 15 is 0 Å². The molecule has 5 heteroatoms. The molecule has 1 amide bonds. The van der Waals surface area contributed by atoms with E-state index in [0.29, 0.717) is 18.7 Å². The smallest absolute Gasteiger partial charge is 0.307 e. The maximum absolute atomic E-state index is 11.8. The van der Waals surface area contributed by atoms with Crippen LogP contribution in [0.3, 0.4) is 0 Å². The second-order valence-electron chi connectivity index (χ2n) is 4.99. The van der Waals surface area contributed by atoms with E-state index in [2.05, 4.69) is 10.6 Å². The molecule has 1 aromatic rings. The monoisotopic (exact) mass is 278 g/mol. The third kappa shape index (κ3) is 5.01. The first-order valence-electron chi connectivity index (χ1n) is 6.73. The Morgan fingerprint density at radius 2 is 1.75 bits per heavy atom. The van der Waals surface area contributed by atoms with Crippen molar-refractivity contribution in [2.24, 2.45) is 5.92 Å². The first-order chi connectivity index (χ1) is 9.41. The number of nitrogens with one attached hydrogen (secondary N) is 2. The SMILES string of the molecule is Cc1ccc(C(=O)NCCNC(C)C(C)C(=O)O)cc1. The van der Waals surface area contributed by atoms with Crippen molar-refractivity contribution in [2.75, 3.05) is 13.1 Å². The topological polar surface area (TPSA) is 78.4 Å². The van der Waals surface area contributed by atoms with Crippen LogP contribution < -0.4 is 10.6 Å². The average molecular weight is 278 g/mol. The van der Waals surface area contributed by atoms with E-state index in [1.807, 2.05) is 26.0 Å². The number of carboxylic acids is 1. The summed E-state index contributed by atoms with van der Waals surface area (Å²) in [5, 5.41) is 14.7.